The molecule has 0 fully saturated rings. The molecule has 0 heterocycles. The highest BCUT2D eigenvalue weighted by molar-refractivity contribution is 5.93. The molecule has 0 spiro atoms. The Bertz CT molecular complexity index is 2660. The van der Waals surface area contributed by atoms with Crippen LogP contribution in [0, 0.1) is 0 Å². The third-order valence-electron chi connectivity index (χ3n) is 9.47. The zero-order chi connectivity index (χ0) is 81.5. The molecule has 0 aromatic carbocycles. The first-order valence-corrected chi connectivity index (χ1v) is 20.0. The first-order chi connectivity index (χ1) is 41.7. The zero-order valence-corrected chi connectivity index (χ0v) is 41.4. The number of alkyl halides is 58. The lowest BCUT2D eigenvalue weighted by molar-refractivity contribution is -0.592. The van der Waals surface area contributed by atoms with Crippen molar-refractivity contribution in [1.29, 1.82) is 0 Å². The molecule has 8 unspecified atom stereocenters. The molecule has 0 saturated carbocycles. The third-order valence-corrected chi connectivity index (χ3v) is 9.47. The van der Waals surface area contributed by atoms with Crippen LogP contribution in [0.25, 0.3) is 0 Å². The number of carbonyl (C=O) groups excluding carboxylic acids is 2. The summed E-state index contributed by atoms with van der Waals surface area (Å²) in [5.41, 5.74) is 0. The fourth-order valence-corrected chi connectivity index (χ4v) is 4.60. The molecule has 0 aromatic heterocycles. The monoisotopic (exact) mass is 1640 g/mol. The van der Waals surface area contributed by atoms with Crippen molar-refractivity contribution < 1.29 is 307 Å². The lowest BCUT2D eigenvalue weighted by atomic mass is 10.2. The first-order valence-electron chi connectivity index (χ1n) is 20.0. The lowest BCUT2D eigenvalue weighted by Gasteiger charge is -2.44. The molecule has 0 amide bonds. The van der Waals surface area contributed by atoms with E-state index < -0.39 is 181 Å². The normalized spacial score (nSPS) is 20.7. The smallest absolute Gasteiger partial charge is 0.384 e. The van der Waals surface area contributed by atoms with Crippen molar-refractivity contribution >= 4 is 11.9 Å². The highest BCUT2D eigenvalue weighted by Crippen LogP contribution is 2.65. The van der Waals surface area contributed by atoms with Gasteiger partial charge in [0, 0.05) is 0 Å². The number of halogens is 58. The number of ether oxygens (including phenoxy) is 9. The Balaban J connectivity index is 8.47. The quantitative estimate of drug-likeness (QED) is 0.0468. The summed E-state index contributed by atoms with van der Waals surface area (Å²) in [6.07, 6.45) is -169. The van der Waals surface area contributed by atoms with E-state index in [1.54, 1.807) is 0 Å². The fraction of sp³-hybridized carbons (Fsp3) is 0.933. The van der Waals surface area contributed by atoms with Gasteiger partial charge < -0.3 is 4.74 Å². The van der Waals surface area contributed by atoms with E-state index in [0.717, 1.165) is 9.47 Å². The molecule has 99 heavy (non-hydrogen) atoms. The van der Waals surface area contributed by atoms with Crippen LogP contribution in [-0.4, -0.2) is 181 Å². The second-order valence-electron chi connectivity index (χ2n) is 16.5. The third kappa shape index (κ3) is 15.7. The van der Waals surface area contributed by atoms with E-state index in [1.165, 1.54) is 4.74 Å². The van der Waals surface area contributed by atoms with Gasteiger partial charge in [0.05, 0.1) is 0 Å². The summed E-state index contributed by atoms with van der Waals surface area (Å²) in [6.45, 7) is 0. The van der Waals surface area contributed by atoms with Gasteiger partial charge in [-0.25, -0.2) is 9.59 Å². The lowest BCUT2D eigenvalue weighted by Crippen LogP contribution is -2.72. The summed E-state index contributed by atoms with van der Waals surface area (Å²) in [4.78, 5) is 23.6. The fourth-order valence-electron chi connectivity index (χ4n) is 4.60. The topological polar surface area (TPSA) is 117 Å². The van der Waals surface area contributed by atoms with Crippen molar-refractivity contribution in [2.45, 2.75) is 169 Å². The maximum absolute atomic E-state index is 15.0. The van der Waals surface area contributed by atoms with Gasteiger partial charge in [0.1, 0.15) is 0 Å². The predicted octanol–water partition coefficient (Wildman–Crippen LogP) is 17.2. The molecule has 0 bridgehead atoms. The molecule has 0 aliphatic heterocycles. The largest absolute Gasteiger partial charge is 0.462 e. The molecule has 69 heteroatoms. The Morgan fingerprint density at radius 2 is 0.273 bits per heavy atom. The molecular formula is C30F58O11. The van der Waals surface area contributed by atoms with Gasteiger partial charge in [-0.3, -0.25) is 37.9 Å². The van der Waals surface area contributed by atoms with Crippen LogP contribution in [0.2, 0.25) is 0 Å². The summed E-state index contributed by atoms with van der Waals surface area (Å²) < 4.78 is 802. The van der Waals surface area contributed by atoms with E-state index in [-0.39, 0.29) is 0 Å². The Kier molecular flexibility index (Phi) is 23.4. The van der Waals surface area contributed by atoms with Crippen molar-refractivity contribution in [2.75, 3.05) is 0 Å². The van der Waals surface area contributed by atoms with Gasteiger partial charge in [-0.1, -0.05) is 0 Å². The van der Waals surface area contributed by atoms with Crippen LogP contribution in [0.4, 0.5) is 255 Å². The van der Waals surface area contributed by atoms with Gasteiger partial charge in [-0.05, 0) is 0 Å². The maximum Gasteiger partial charge on any atom is 0.462 e. The highest BCUT2D eigenvalue weighted by atomic mass is 19.5. The van der Waals surface area contributed by atoms with Gasteiger partial charge in [0.25, 0.3) is 0 Å². The molecule has 0 saturated heterocycles. The number of hydrogen-bond donors (Lipinski definition) is 0. The highest BCUT2D eigenvalue weighted by Gasteiger charge is 2.94. The van der Waals surface area contributed by atoms with E-state index in [1.807, 2.05) is 0 Å². The first kappa shape index (κ1) is 93.8. The van der Waals surface area contributed by atoms with Crippen molar-refractivity contribution in [3.63, 3.8) is 0 Å². The van der Waals surface area contributed by atoms with Crippen molar-refractivity contribution in [1.82, 2.24) is 0 Å². The summed E-state index contributed by atoms with van der Waals surface area (Å²) in [5.74, 6) is -108. The van der Waals surface area contributed by atoms with Crippen LogP contribution >= 0.6 is 0 Å². The minimum atomic E-state index is -10.0. The van der Waals surface area contributed by atoms with Crippen molar-refractivity contribution in [3.8, 4) is 0 Å². The predicted molar refractivity (Wildman–Crippen MR) is 161 cm³/mol. The van der Waals surface area contributed by atoms with E-state index in [4.69, 9.17) is 0 Å². The molecule has 0 aromatic rings. The van der Waals surface area contributed by atoms with Gasteiger partial charge >= 0.3 is 181 Å². The molecule has 592 valence electrons. The molecule has 8 atom stereocenters. The Morgan fingerprint density at radius 3 is 0.384 bits per heavy atom. The van der Waals surface area contributed by atoms with E-state index >= 15 is 8.78 Å². The standard InChI is InChI=1S/C30F58O11/c31-3(13(43,44)45,92-25(77,78)7(37,17(55,56)57)96-29(85,86)11(41,21(67,68)69)98-27(81,82)9(39,19(61,62)63)94-23(73,74)5(33,34)15(49,50)51)1(89)91-2(90)4(32,14(46,47)48)93-26(79,80)8(38,18(58,59)60)97-30(87,88)12(42,22(70,71)72)99-28(83,84)10(40,20(64,65)66)95-24(75,76)6(35,36)16(52,53)54. The van der Waals surface area contributed by atoms with Crippen LogP contribution in [-0.2, 0) is 52.2 Å². The van der Waals surface area contributed by atoms with Crippen LogP contribution < -0.4 is 0 Å². The zero-order valence-electron chi connectivity index (χ0n) is 41.4. The SMILES string of the molecule is O=C(OC(=O)C(F)(OC(F)(F)C(F)(OC(F)(F)C(F)(OC(F)(F)C(F)(OC(F)(F)C(F)(F)C(F)(F)F)C(F)(F)F)C(F)(F)F)C(F)(F)F)C(F)(F)F)C(F)(OC(F)(F)C(F)(OC(F)(F)C(F)(OC(F)(F)C(F)(OC(F)(F)C(F)(F)C(F)(F)F)C(F)(F)F)C(F)(F)F)C(F)(F)F)C(F)(F)F. The van der Waals surface area contributed by atoms with E-state index in [9.17, 15) is 255 Å². The number of rotatable bonds is 26. The van der Waals surface area contributed by atoms with Crippen LogP contribution in [0.1, 0.15) is 0 Å². The molecule has 11 nitrogen and oxygen atoms in total. The Labute approximate surface area is 489 Å². The molecule has 0 aliphatic carbocycles. The average Bonchev–Trinajstić information content (AvgIpc) is 0.717. The van der Waals surface area contributed by atoms with Crippen molar-refractivity contribution in [2.24, 2.45) is 0 Å². The van der Waals surface area contributed by atoms with Crippen molar-refractivity contribution in [3.05, 3.63) is 0 Å². The van der Waals surface area contributed by atoms with Crippen LogP contribution in [0.3, 0.4) is 0 Å². The molecule has 0 radical (unpaired) electrons. The molecule has 0 aliphatic rings. The summed E-state index contributed by atoms with van der Waals surface area (Å²) in [5, 5.41) is 0. The minimum absolute atomic E-state index is 0.530. The number of carbonyl (C=O) groups is 2. The summed E-state index contributed by atoms with van der Waals surface area (Å²) in [6, 6.07) is 0. The second-order valence-corrected chi connectivity index (χ2v) is 16.5. The Morgan fingerprint density at radius 1 is 0.152 bits per heavy atom. The van der Waals surface area contributed by atoms with Crippen LogP contribution in [0.15, 0.2) is 0 Å². The van der Waals surface area contributed by atoms with E-state index in [0.29, 0.717) is 28.4 Å². The maximum atomic E-state index is 15.0. The number of hydrogen-bond acceptors (Lipinski definition) is 11. The Hall–Kier alpha value is -5.24. The van der Waals surface area contributed by atoms with Gasteiger partial charge in [0.15, 0.2) is 0 Å². The minimum Gasteiger partial charge on any atom is -0.384 e. The van der Waals surface area contributed by atoms with Gasteiger partial charge in [-0.15, -0.1) is 0 Å². The molecule has 0 rings (SSSR count). The summed E-state index contributed by atoms with van der Waals surface area (Å²) in [7, 11) is 0. The second kappa shape index (κ2) is 24.7. The summed E-state index contributed by atoms with van der Waals surface area (Å²) >= 11 is 0. The van der Waals surface area contributed by atoms with Gasteiger partial charge in [-0.2, -0.15) is 255 Å². The van der Waals surface area contributed by atoms with Gasteiger partial charge in [0.2, 0.25) is 0 Å². The average molecular weight is 1640 g/mol. The van der Waals surface area contributed by atoms with Crippen LogP contribution in [0.5, 0.6) is 0 Å². The number of esters is 2. The molecular weight excluding hydrogens is 1640 g/mol. The van der Waals surface area contributed by atoms with E-state index in [2.05, 4.69) is 0 Å². The molecule has 0 N–H and O–H groups in total.